The van der Waals surface area contributed by atoms with Gasteiger partial charge < -0.3 is 10.4 Å². The monoisotopic (exact) mass is 378 g/mol. The minimum Gasteiger partial charge on any atom is -0.393 e. The Morgan fingerprint density at radius 3 is 2.85 bits per heavy atom. The Morgan fingerprint density at radius 1 is 1.31 bits per heavy atom. The van der Waals surface area contributed by atoms with E-state index >= 15 is 0 Å². The summed E-state index contributed by atoms with van der Waals surface area (Å²) in [5.41, 5.74) is 2.55. The van der Waals surface area contributed by atoms with E-state index in [4.69, 9.17) is 16.7 Å². The Bertz CT molecular complexity index is 762. The maximum atomic E-state index is 14.2. The van der Waals surface area contributed by atoms with Crippen LogP contribution in [-0.4, -0.2) is 38.2 Å². The van der Waals surface area contributed by atoms with Gasteiger partial charge in [0, 0.05) is 35.7 Å². The van der Waals surface area contributed by atoms with Crippen LogP contribution in [0, 0.1) is 0 Å². The summed E-state index contributed by atoms with van der Waals surface area (Å²) >= 11 is 6.12. The third-order valence-electron chi connectivity index (χ3n) is 5.59. The highest BCUT2D eigenvalue weighted by atomic mass is 35.5. The van der Waals surface area contributed by atoms with Gasteiger partial charge in [0.25, 0.3) is 0 Å². The van der Waals surface area contributed by atoms with Crippen LogP contribution in [0.4, 0.5) is 10.1 Å². The number of fused-ring (bicyclic) bond motifs is 1. The van der Waals surface area contributed by atoms with Crippen molar-refractivity contribution in [3.05, 3.63) is 29.2 Å². The summed E-state index contributed by atoms with van der Waals surface area (Å²) in [5.74, 6) is 0. The lowest BCUT2D eigenvalue weighted by atomic mass is 9.84. The van der Waals surface area contributed by atoms with E-state index in [0.29, 0.717) is 30.8 Å². The number of aromatic nitrogens is 3. The van der Waals surface area contributed by atoms with Gasteiger partial charge in [-0.15, -0.1) is 0 Å². The molecule has 4 rings (SSSR count). The molecule has 1 aliphatic carbocycles. The lowest BCUT2D eigenvalue weighted by molar-refractivity contribution is 0.0337. The number of anilines is 1. The first-order chi connectivity index (χ1) is 12.6. The number of pyridine rings is 1. The number of alkyl halides is 1. The average molecular weight is 379 g/mol. The zero-order valence-corrected chi connectivity index (χ0v) is 15.5. The standard InChI is InChI=1S/C19H24ClFN4O/c20-18-10-16(23-13-4-6-19(21,12-26)7-5-13)15(11-22-18)17-9-14-3-1-2-8-25(14)24-17/h9-11,13,26H,1-8,12H2,(H,22,23). The van der Waals surface area contributed by atoms with Crippen molar-refractivity contribution in [2.45, 2.75) is 63.2 Å². The molecule has 0 saturated heterocycles. The first kappa shape index (κ1) is 17.7. The molecule has 0 aromatic carbocycles. The van der Waals surface area contributed by atoms with E-state index < -0.39 is 12.3 Å². The van der Waals surface area contributed by atoms with Gasteiger partial charge in [0.1, 0.15) is 10.8 Å². The molecular weight excluding hydrogens is 355 g/mol. The number of hydrogen-bond acceptors (Lipinski definition) is 4. The minimum atomic E-state index is -1.43. The number of halogens is 2. The highest BCUT2D eigenvalue weighted by Gasteiger charge is 2.34. The smallest absolute Gasteiger partial charge is 0.134 e. The first-order valence-electron chi connectivity index (χ1n) is 9.35. The molecule has 0 amide bonds. The van der Waals surface area contributed by atoms with Crippen LogP contribution < -0.4 is 5.32 Å². The van der Waals surface area contributed by atoms with Crippen LogP contribution in [-0.2, 0) is 13.0 Å². The number of nitrogens with zero attached hydrogens (tertiary/aromatic N) is 3. The highest BCUT2D eigenvalue weighted by molar-refractivity contribution is 6.29. The van der Waals surface area contributed by atoms with Gasteiger partial charge in [0.15, 0.2) is 0 Å². The molecule has 7 heteroatoms. The predicted octanol–water partition coefficient (Wildman–Crippen LogP) is 3.99. The number of hydrogen-bond donors (Lipinski definition) is 2. The van der Waals surface area contributed by atoms with Crippen molar-refractivity contribution < 1.29 is 9.50 Å². The molecule has 0 atom stereocenters. The molecule has 0 spiro atoms. The summed E-state index contributed by atoms with van der Waals surface area (Å²) in [6, 6.07) is 4.10. The predicted molar refractivity (Wildman–Crippen MR) is 100 cm³/mol. The van der Waals surface area contributed by atoms with Crippen LogP contribution in [0.5, 0.6) is 0 Å². The SMILES string of the molecule is OCC1(F)CCC(Nc2cc(Cl)ncc2-c2cc3n(n2)CCCC3)CC1. The number of aliphatic hydroxyl groups excluding tert-OH is 1. The summed E-state index contributed by atoms with van der Waals surface area (Å²) in [6.07, 6.45) is 7.27. The fourth-order valence-electron chi connectivity index (χ4n) is 3.96. The quantitative estimate of drug-likeness (QED) is 0.789. The van der Waals surface area contributed by atoms with Crippen LogP contribution in [0.1, 0.15) is 44.2 Å². The topological polar surface area (TPSA) is 63.0 Å². The molecule has 2 aromatic rings. The Morgan fingerprint density at radius 2 is 2.12 bits per heavy atom. The largest absolute Gasteiger partial charge is 0.393 e. The number of aliphatic hydroxyl groups is 1. The summed E-state index contributed by atoms with van der Waals surface area (Å²) in [4.78, 5) is 4.23. The number of aryl methyl sites for hydroxylation is 2. The summed E-state index contributed by atoms with van der Waals surface area (Å²) < 4.78 is 16.3. The number of rotatable bonds is 4. The van der Waals surface area contributed by atoms with Gasteiger partial charge in [-0.1, -0.05) is 11.6 Å². The second-order valence-electron chi connectivity index (χ2n) is 7.48. The molecule has 0 unspecified atom stereocenters. The Kier molecular flexibility index (Phi) is 4.88. The van der Waals surface area contributed by atoms with Crippen molar-refractivity contribution in [3.8, 4) is 11.3 Å². The fraction of sp³-hybridized carbons (Fsp3) is 0.579. The molecule has 1 fully saturated rings. The van der Waals surface area contributed by atoms with E-state index in [0.717, 1.165) is 36.3 Å². The van der Waals surface area contributed by atoms with E-state index in [1.54, 1.807) is 6.20 Å². The van der Waals surface area contributed by atoms with E-state index in [1.165, 1.54) is 12.1 Å². The molecule has 1 saturated carbocycles. The maximum Gasteiger partial charge on any atom is 0.134 e. The molecule has 0 bridgehead atoms. The highest BCUT2D eigenvalue weighted by Crippen LogP contribution is 2.36. The van der Waals surface area contributed by atoms with Crippen molar-refractivity contribution in [3.63, 3.8) is 0 Å². The number of nitrogens with one attached hydrogen (secondary N) is 1. The van der Waals surface area contributed by atoms with E-state index in [1.807, 2.05) is 6.07 Å². The summed E-state index contributed by atoms with van der Waals surface area (Å²) in [5, 5.41) is 17.9. The molecule has 2 N–H and O–H groups in total. The zero-order valence-electron chi connectivity index (χ0n) is 14.7. The third-order valence-corrected chi connectivity index (χ3v) is 5.79. The second-order valence-corrected chi connectivity index (χ2v) is 7.87. The van der Waals surface area contributed by atoms with Crippen molar-refractivity contribution in [1.82, 2.24) is 14.8 Å². The van der Waals surface area contributed by atoms with Crippen LogP contribution in [0.2, 0.25) is 5.15 Å². The van der Waals surface area contributed by atoms with E-state index in [2.05, 4.69) is 21.0 Å². The van der Waals surface area contributed by atoms with Crippen LogP contribution in [0.3, 0.4) is 0 Å². The normalized spacial score (nSPS) is 25.7. The first-order valence-corrected chi connectivity index (χ1v) is 9.73. The fourth-order valence-corrected chi connectivity index (χ4v) is 4.12. The molecule has 0 radical (unpaired) electrons. The van der Waals surface area contributed by atoms with Crippen LogP contribution >= 0.6 is 11.6 Å². The Balaban J connectivity index is 1.57. The van der Waals surface area contributed by atoms with Crippen molar-refractivity contribution in [2.24, 2.45) is 0 Å². The average Bonchev–Trinajstić information content (AvgIpc) is 3.08. The second kappa shape index (κ2) is 7.16. The van der Waals surface area contributed by atoms with Gasteiger partial charge in [-0.2, -0.15) is 5.10 Å². The molecule has 3 heterocycles. The molecule has 1 aliphatic heterocycles. The van der Waals surface area contributed by atoms with Crippen molar-refractivity contribution >= 4 is 17.3 Å². The van der Waals surface area contributed by atoms with Crippen LogP contribution in [0.25, 0.3) is 11.3 Å². The molecule has 26 heavy (non-hydrogen) atoms. The van der Waals surface area contributed by atoms with E-state index in [-0.39, 0.29) is 6.04 Å². The lowest BCUT2D eigenvalue weighted by Gasteiger charge is -2.33. The van der Waals surface area contributed by atoms with Gasteiger partial charge in [-0.25, -0.2) is 9.37 Å². The van der Waals surface area contributed by atoms with Gasteiger partial charge in [-0.3, -0.25) is 4.68 Å². The summed E-state index contributed by atoms with van der Waals surface area (Å²) in [6.45, 7) is 0.563. The van der Waals surface area contributed by atoms with Gasteiger partial charge >= 0.3 is 0 Å². The molecular formula is C19H24ClFN4O. The van der Waals surface area contributed by atoms with Crippen molar-refractivity contribution in [2.75, 3.05) is 11.9 Å². The van der Waals surface area contributed by atoms with Gasteiger partial charge in [0.05, 0.1) is 12.3 Å². The van der Waals surface area contributed by atoms with Crippen LogP contribution in [0.15, 0.2) is 18.3 Å². The molecule has 2 aromatic heterocycles. The lowest BCUT2D eigenvalue weighted by Crippen LogP contribution is -2.37. The van der Waals surface area contributed by atoms with Gasteiger partial charge in [-0.05, 0) is 57.1 Å². The maximum absolute atomic E-state index is 14.2. The van der Waals surface area contributed by atoms with Crippen molar-refractivity contribution in [1.29, 1.82) is 0 Å². The third kappa shape index (κ3) is 3.58. The molecule has 140 valence electrons. The minimum absolute atomic E-state index is 0.153. The van der Waals surface area contributed by atoms with Gasteiger partial charge in [0.2, 0.25) is 0 Å². The zero-order chi connectivity index (χ0) is 18.1. The Labute approximate surface area is 157 Å². The Hall–Kier alpha value is -1.66. The van der Waals surface area contributed by atoms with E-state index in [9.17, 15) is 9.50 Å². The molecule has 5 nitrogen and oxygen atoms in total. The molecule has 2 aliphatic rings. The summed E-state index contributed by atoms with van der Waals surface area (Å²) in [7, 11) is 0.